The molecule has 0 aliphatic carbocycles. The Morgan fingerprint density at radius 2 is 1.81 bits per heavy atom. The lowest BCUT2D eigenvalue weighted by Crippen LogP contribution is -2.27. The summed E-state index contributed by atoms with van der Waals surface area (Å²) in [6.07, 6.45) is 0. The maximum atomic E-state index is 13.5. The number of phenolic OH excluding ortho intramolecular Hbond substituents is 1. The van der Waals surface area contributed by atoms with Crippen molar-refractivity contribution < 1.29 is 9.90 Å². The molecule has 0 spiro atoms. The van der Waals surface area contributed by atoms with Crippen LogP contribution in [0.15, 0.2) is 16.9 Å². The Morgan fingerprint density at radius 1 is 1.19 bits per heavy atom. The Kier molecular flexibility index (Phi) is 4.51. The number of nitrogen functional groups attached to an aromatic ring is 1. The Bertz CT molecular complexity index is 1160. The number of nitrogens with two attached hydrogens (primary N) is 2. The molecule has 1 amide bonds. The first-order valence-electron chi connectivity index (χ1n) is 8.64. The summed E-state index contributed by atoms with van der Waals surface area (Å²) >= 11 is 1.39. The third-order valence-corrected chi connectivity index (χ3v) is 6.53. The van der Waals surface area contributed by atoms with Crippen LogP contribution in [0, 0.1) is 20.8 Å². The number of benzene rings is 1. The number of thiophene rings is 1. The number of hydrogen-bond acceptors (Lipinski definition) is 5. The molecule has 2 heterocycles. The first kappa shape index (κ1) is 19.0. The number of aromatic hydroxyl groups is 1. The number of fused-ring (bicyclic) bond motifs is 1. The summed E-state index contributed by atoms with van der Waals surface area (Å²) in [5.41, 5.74) is 14.3. The van der Waals surface area contributed by atoms with Gasteiger partial charge in [-0.3, -0.25) is 14.2 Å². The molecular formula is C20H23N3O3S. The number of pyridine rings is 1. The number of amides is 1. The van der Waals surface area contributed by atoms with Crippen LogP contribution in [0.4, 0.5) is 5.82 Å². The van der Waals surface area contributed by atoms with E-state index in [0.29, 0.717) is 21.3 Å². The van der Waals surface area contributed by atoms with Gasteiger partial charge in [0.15, 0.2) is 0 Å². The molecule has 2 aromatic heterocycles. The maximum Gasteiger partial charge on any atom is 0.265 e. The highest BCUT2D eigenvalue weighted by Gasteiger charge is 2.26. The van der Waals surface area contributed by atoms with Gasteiger partial charge in [0.2, 0.25) is 0 Å². The molecule has 0 bridgehead atoms. The number of anilines is 1. The monoisotopic (exact) mass is 385 g/mol. The molecule has 7 heteroatoms. The van der Waals surface area contributed by atoms with Gasteiger partial charge >= 0.3 is 0 Å². The van der Waals surface area contributed by atoms with Crippen molar-refractivity contribution in [2.75, 3.05) is 5.73 Å². The Balaban J connectivity index is 2.61. The van der Waals surface area contributed by atoms with Crippen molar-refractivity contribution in [3.05, 3.63) is 49.6 Å². The lowest BCUT2D eigenvalue weighted by Gasteiger charge is -2.18. The van der Waals surface area contributed by atoms with Crippen molar-refractivity contribution in [2.45, 2.75) is 40.5 Å². The topological polar surface area (TPSA) is 111 Å². The van der Waals surface area contributed by atoms with Crippen molar-refractivity contribution in [1.82, 2.24) is 4.57 Å². The average Bonchev–Trinajstić information content (AvgIpc) is 2.91. The molecular weight excluding hydrogens is 362 g/mol. The molecule has 0 unspecified atom stereocenters. The number of aromatic nitrogens is 1. The number of carbonyl (C=O) groups is 1. The fraction of sp³-hybridized carbons (Fsp3) is 0.300. The summed E-state index contributed by atoms with van der Waals surface area (Å²) in [5, 5.41) is 10.6. The van der Waals surface area contributed by atoms with Gasteiger partial charge in [-0.05, 0) is 43.9 Å². The van der Waals surface area contributed by atoms with E-state index in [1.807, 2.05) is 27.7 Å². The fourth-order valence-electron chi connectivity index (χ4n) is 3.59. The first-order valence-corrected chi connectivity index (χ1v) is 9.46. The van der Waals surface area contributed by atoms with E-state index in [1.165, 1.54) is 15.9 Å². The van der Waals surface area contributed by atoms with Gasteiger partial charge < -0.3 is 16.6 Å². The summed E-state index contributed by atoms with van der Waals surface area (Å²) in [7, 11) is 0. The smallest absolute Gasteiger partial charge is 0.265 e. The quantitative estimate of drug-likeness (QED) is 0.641. The minimum absolute atomic E-state index is 0.00615. The SMILES string of the molecule is Cc1ccc(O)c(C)c1-n1c(N)c(C(N)=O)c2sc(C(C)C)c(C)c2c1=O. The minimum Gasteiger partial charge on any atom is -0.508 e. The predicted molar refractivity (Wildman–Crippen MR) is 110 cm³/mol. The molecule has 6 nitrogen and oxygen atoms in total. The molecule has 27 heavy (non-hydrogen) atoms. The number of aryl methyl sites for hydroxylation is 2. The second kappa shape index (κ2) is 6.42. The standard InChI is InChI=1S/C20H23N3O3S/c1-8(2)16-11(5)13-17(27-16)14(19(22)25)18(21)23(20(13)26)15-9(3)6-7-12(24)10(15)4/h6-8,24H,21H2,1-5H3,(H2,22,25). The number of carbonyl (C=O) groups excluding carboxylic acids is 1. The van der Waals surface area contributed by atoms with Gasteiger partial charge in [-0.2, -0.15) is 0 Å². The van der Waals surface area contributed by atoms with Crippen molar-refractivity contribution in [1.29, 1.82) is 0 Å². The number of nitrogens with zero attached hydrogens (tertiary/aromatic N) is 1. The van der Waals surface area contributed by atoms with Gasteiger partial charge in [0, 0.05) is 10.4 Å². The van der Waals surface area contributed by atoms with E-state index in [0.717, 1.165) is 16.0 Å². The summed E-state index contributed by atoms with van der Waals surface area (Å²) in [5.74, 6) is -0.444. The molecule has 0 aliphatic heterocycles. The Labute approximate surface area is 161 Å². The Hall–Kier alpha value is -2.80. The van der Waals surface area contributed by atoms with Crippen molar-refractivity contribution in [2.24, 2.45) is 5.73 Å². The van der Waals surface area contributed by atoms with E-state index in [9.17, 15) is 14.7 Å². The molecule has 0 atom stereocenters. The lowest BCUT2D eigenvalue weighted by atomic mass is 10.0. The van der Waals surface area contributed by atoms with Crippen molar-refractivity contribution in [3.63, 3.8) is 0 Å². The van der Waals surface area contributed by atoms with Gasteiger partial charge in [0.1, 0.15) is 11.6 Å². The third-order valence-electron chi connectivity index (χ3n) is 4.92. The highest BCUT2D eigenvalue weighted by Crippen LogP contribution is 2.38. The van der Waals surface area contributed by atoms with E-state index < -0.39 is 5.91 Å². The normalized spacial score (nSPS) is 11.5. The second-order valence-electron chi connectivity index (χ2n) is 7.09. The molecule has 3 rings (SSSR count). The largest absolute Gasteiger partial charge is 0.508 e. The second-order valence-corrected chi connectivity index (χ2v) is 8.14. The molecule has 0 aliphatic rings. The molecule has 5 N–H and O–H groups in total. The van der Waals surface area contributed by atoms with Crippen LogP contribution in [-0.2, 0) is 0 Å². The van der Waals surface area contributed by atoms with E-state index in [4.69, 9.17) is 11.5 Å². The van der Waals surface area contributed by atoms with Crippen molar-refractivity contribution in [3.8, 4) is 11.4 Å². The zero-order valence-corrected chi connectivity index (χ0v) is 16.8. The summed E-state index contributed by atoms with van der Waals surface area (Å²) in [6, 6.07) is 3.27. The van der Waals surface area contributed by atoms with Crippen LogP contribution < -0.4 is 17.0 Å². The van der Waals surface area contributed by atoms with E-state index in [-0.39, 0.29) is 28.6 Å². The molecule has 0 saturated carbocycles. The van der Waals surface area contributed by atoms with Crippen LogP contribution in [0.25, 0.3) is 15.8 Å². The highest BCUT2D eigenvalue weighted by molar-refractivity contribution is 7.19. The van der Waals surface area contributed by atoms with E-state index >= 15 is 0 Å². The summed E-state index contributed by atoms with van der Waals surface area (Å²) in [4.78, 5) is 26.7. The molecule has 3 aromatic rings. The highest BCUT2D eigenvalue weighted by atomic mass is 32.1. The van der Waals surface area contributed by atoms with Crippen LogP contribution in [0.5, 0.6) is 5.75 Å². The minimum atomic E-state index is -0.682. The van der Waals surface area contributed by atoms with Crippen LogP contribution in [0.1, 0.15) is 51.7 Å². The molecule has 142 valence electrons. The van der Waals surface area contributed by atoms with Gasteiger partial charge in [-0.15, -0.1) is 11.3 Å². The molecule has 0 saturated heterocycles. The van der Waals surface area contributed by atoms with Gasteiger partial charge in [0.25, 0.3) is 11.5 Å². The van der Waals surface area contributed by atoms with Gasteiger partial charge in [0.05, 0.1) is 21.3 Å². The van der Waals surface area contributed by atoms with Crippen LogP contribution in [-0.4, -0.2) is 15.6 Å². The first-order chi connectivity index (χ1) is 12.6. The molecule has 0 fully saturated rings. The maximum absolute atomic E-state index is 13.5. The number of phenols is 1. The molecule has 0 radical (unpaired) electrons. The zero-order chi connectivity index (χ0) is 20.2. The van der Waals surface area contributed by atoms with Gasteiger partial charge in [-0.1, -0.05) is 19.9 Å². The van der Waals surface area contributed by atoms with Crippen LogP contribution in [0.3, 0.4) is 0 Å². The van der Waals surface area contributed by atoms with Crippen LogP contribution >= 0.6 is 11.3 Å². The predicted octanol–water partition coefficient (Wildman–Crippen LogP) is 3.49. The van der Waals surface area contributed by atoms with E-state index in [2.05, 4.69) is 0 Å². The lowest BCUT2D eigenvalue weighted by molar-refractivity contribution is 0.100. The third kappa shape index (κ3) is 2.70. The number of hydrogen-bond donors (Lipinski definition) is 3. The summed E-state index contributed by atoms with van der Waals surface area (Å²) in [6.45, 7) is 9.47. The fourth-order valence-corrected chi connectivity index (χ4v) is 4.95. The van der Waals surface area contributed by atoms with Gasteiger partial charge in [-0.25, -0.2) is 0 Å². The number of rotatable bonds is 3. The van der Waals surface area contributed by atoms with Crippen molar-refractivity contribution >= 4 is 33.1 Å². The zero-order valence-electron chi connectivity index (χ0n) is 16.0. The van der Waals surface area contributed by atoms with E-state index in [1.54, 1.807) is 19.1 Å². The number of primary amides is 1. The Morgan fingerprint density at radius 3 is 2.37 bits per heavy atom. The molecule has 1 aromatic carbocycles. The average molecular weight is 385 g/mol. The van der Waals surface area contributed by atoms with Crippen LogP contribution in [0.2, 0.25) is 0 Å². The summed E-state index contributed by atoms with van der Waals surface area (Å²) < 4.78 is 1.83.